The Balaban J connectivity index is -0.0000000831. The molecule has 6 rings (SSSR count). The van der Waals surface area contributed by atoms with Crippen molar-refractivity contribution >= 4 is 47.1 Å². The molecule has 26 nitrogen and oxygen atoms in total. The molecule has 4 heterocycles. The molecule has 98 heavy (non-hydrogen) atoms. The fraction of sp³-hybridized carbons (Fsp3) is 0.353. The first-order valence-corrected chi connectivity index (χ1v) is 27.7. The summed E-state index contributed by atoms with van der Waals surface area (Å²) in [7, 11) is 0. The minimum atomic E-state index is -1.34. The second-order valence-electron chi connectivity index (χ2n) is 19.3. The van der Waals surface area contributed by atoms with Crippen molar-refractivity contribution in [3.05, 3.63) is 237 Å². The van der Waals surface area contributed by atoms with Crippen molar-refractivity contribution < 1.29 is 218 Å². The van der Waals surface area contributed by atoms with Crippen LogP contribution in [-0.4, -0.2) is 188 Å². The fourth-order valence-electron chi connectivity index (χ4n) is 3.36. The number of allylic oxidation sites excluding steroid dienone is 4. The Morgan fingerprint density at radius 3 is 0.418 bits per heavy atom. The SMILES string of the molecule is C1=C[N-]c2c3c(ccc2=C1)=CC=C[N-]3.C1=C[N-]c2c3c(ccc2=C1)=CC=C[N-]3.C=C(C)C(O)O.C=C(C)C(O)O.C=C(C)C(O)O.C=C(C)C(O)O.C=C(C)C(O)O.C=C(C)C(O)O.C=C(C)C(O)O.C=C(C)C(O)O.C=C(C)C(O)O.C=C(C)C(O)O.CCO.CCO.[Cu+2].[Cu+2].[La].[La]. The first-order valence-electron chi connectivity index (χ1n) is 27.7. The van der Waals surface area contributed by atoms with E-state index in [2.05, 4.69) is 136 Å². The molecule has 560 valence electrons. The third-order valence-electron chi connectivity index (χ3n) is 9.10. The van der Waals surface area contributed by atoms with E-state index in [-0.39, 0.29) is 119 Å². The predicted molar refractivity (Wildman–Crippen MR) is 374 cm³/mol. The topological polar surface area (TPSA) is 501 Å². The number of aliphatic hydroxyl groups is 22. The first kappa shape index (κ1) is 121. The summed E-state index contributed by atoms with van der Waals surface area (Å²) in [6.07, 6.45) is 9.76. The van der Waals surface area contributed by atoms with Crippen LogP contribution in [0.25, 0.3) is 45.6 Å². The van der Waals surface area contributed by atoms with Crippen molar-refractivity contribution in [1.82, 2.24) is 0 Å². The molecule has 4 aliphatic rings. The Morgan fingerprint density at radius 2 is 0.347 bits per heavy atom. The van der Waals surface area contributed by atoms with Crippen LogP contribution in [0.3, 0.4) is 0 Å². The van der Waals surface area contributed by atoms with Crippen LogP contribution in [0.5, 0.6) is 0 Å². The van der Waals surface area contributed by atoms with Crippen molar-refractivity contribution in [2.45, 2.75) is 146 Å². The van der Waals surface area contributed by atoms with Gasteiger partial charge in [0.15, 0.2) is 62.9 Å². The van der Waals surface area contributed by atoms with Gasteiger partial charge in [0.2, 0.25) is 0 Å². The molecule has 30 heteroatoms. The molecular formula is C68H108Cu2La2N4O22. The zero-order chi connectivity index (χ0) is 75.7. The monoisotopic (exact) mass is 1740 g/mol. The van der Waals surface area contributed by atoms with Gasteiger partial charge in [0.25, 0.3) is 0 Å². The van der Waals surface area contributed by atoms with Crippen LogP contribution in [0.1, 0.15) is 83.1 Å². The number of hydrogen-bond acceptors (Lipinski definition) is 22. The Labute approximate surface area is 655 Å². The van der Waals surface area contributed by atoms with Gasteiger partial charge >= 0.3 is 34.1 Å². The molecule has 0 amide bonds. The van der Waals surface area contributed by atoms with Crippen molar-refractivity contribution in [2.24, 2.45) is 0 Å². The maximum atomic E-state index is 8.09. The molecule has 0 unspecified atom stereocenters. The quantitative estimate of drug-likeness (QED) is 0.0921. The molecule has 0 atom stereocenters. The second kappa shape index (κ2) is 75.7. The van der Waals surface area contributed by atoms with Crippen molar-refractivity contribution in [3.8, 4) is 0 Å². The summed E-state index contributed by atoms with van der Waals surface area (Å²) in [4.78, 5) is 0. The van der Waals surface area contributed by atoms with Crippen LogP contribution in [-0.2, 0) is 34.1 Å². The van der Waals surface area contributed by atoms with Gasteiger partial charge in [-0.15, -0.1) is 22.7 Å². The van der Waals surface area contributed by atoms with E-state index < -0.39 is 62.9 Å². The van der Waals surface area contributed by atoms with E-state index in [4.69, 9.17) is 112 Å². The van der Waals surface area contributed by atoms with Crippen LogP contribution in [0.4, 0.5) is 22.7 Å². The van der Waals surface area contributed by atoms with E-state index in [1.54, 1.807) is 108 Å². The molecule has 2 aromatic rings. The summed E-state index contributed by atoms with van der Waals surface area (Å²) < 4.78 is 0. The van der Waals surface area contributed by atoms with Crippen molar-refractivity contribution in [1.29, 1.82) is 0 Å². The molecule has 4 radical (unpaired) electrons. The molecule has 0 aliphatic carbocycles. The Kier molecular flexibility index (Phi) is 93.4. The van der Waals surface area contributed by atoms with Crippen LogP contribution in [0.15, 0.2) is 195 Å². The number of rotatable bonds is 10. The number of aliphatic hydroxyl groups excluding tert-OH is 12. The minimum absolute atomic E-state index is 0. The van der Waals surface area contributed by atoms with E-state index in [1.165, 1.54) is 0 Å². The van der Waals surface area contributed by atoms with Crippen molar-refractivity contribution in [3.63, 3.8) is 0 Å². The molecule has 0 saturated heterocycles. The number of fused-ring (bicyclic) bond motifs is 6. The smallest absolute Gasteiger partial charge is 0.665 e. The van der Waals surface area contributed by atoms with E-state index in [0.29, 0.717) is 55.7 Å². The first-order chi connectivity index (χ1) is 43.2. The van der Waals surface area contributed by atoms with Gasteiger partial charge < -0.3 is 134 Å². The van der Waals surface area contributed by atoms with E-state index in [9.17, 15) is 0 Å². The average Bonchev–Trinajstić information content (AvgIpc) is 0.812. The van der Waals surface area contributed by atoms with Crippen molar-refractivity contribution in [2.75, 3.05) is 13.2 Å². The third kappa shape index (κ3) is 79.4. The molecule has 0 bridgehead atoms. The maximum Gasteiger partial charge on any atom is 2.00 e. The standard InChI is InChI=1S/2C12H8N2.10C4H8O2.2C2H6O.2Cu.2La/c2*1-3-9-5-6-10-4-2-8-14-12(10)11(9)13-7-1;10*1-3(2)4(5)6;2*1-2-3;;;;/h2*1-8H;10*4-6H,1H2,2H3;2*3H,2H2,1H3;;;;/q2*-2;;;;;;;;;;;;;2*+2;;. The summed E-state index contributed by atoms with van der Waals surface area (Å²) in [6, 6.07) is 8.30. The van der Waals surface area contributed by atoms with E-state index >= 15 is 0 Å². The molecule has 0 saturated carbocycles. The van der Waals surface area contributed by atoms with Gasteiger partial charge in [-0.3, -0.25) is 0 Å². The molecule has 22 N–H and O–H groups in total. The van der Waals surface area contributed by atoms with Gasteiger partial charge in [0.1, 0.15) is 0 Å². The summed E-state index contributed by atoms with van der Waals surface area (Å²) >= 11 is 0. The van der Waals surface area contributed by atoms with Gasteiger partial charge in [-0.05, 0) is 160 Å². The number of benzene rings is 2. The van der Waals surface area contributed by atoms with E-state index in [1.807, 2.05) is 24.3 Å². The van der Waals surface area contributed by atoms with Gasteiger partial charge in [-0.1, -0.05) is 139 Å². The van der Waals surface area contributed by atoms with Gasteiger partial charge in [0.05, 0.1) is 0 Å². The number of nitrogens with zero attached hydrogens (tertiary/aromatic N) is 4. The summed E-state index contributed by atoms with van der Waals surface area (Å²) in [5.41, 5.74) is 7.61. The molecule has 2 aromatic carbocycles. The Hall–Kier alpha value is -3.97. The zero-order valence-electron chi connectivity index (χ0n) is 57.9. The predicted octanol–water partition coefficient (Wildman–Crippen LogP) is 3.35. The van der Waals surface area contributed by atoms with Crippen LogP contribution in [0.2, 0.25) is 0 Å². The largest absolute Gasteiger partial charge is 2.00 e. The maximum absolute atomic E-state index is 8.09. The number of hydrogen-bond donors (Lipinski definition) is 22. The Bertz CT molecular complexity index is 2440. The molecule has 0 fully saturated rings. The van der Waals surface area contributed by atoms with Crippen LogP contribution < -0.4 is 20.9 Å². The van der Waals surface area contributed by atoms with Gasteiger partial charge in [-0.2, -0.15) is 24.8 Å². The van der Waals surface area contributed by atoms with Crippen LogP contribution in [0, 0.1) is 71.2 Å². The molecule has 0 aromatic heterocycles. The minimum Gasteiger partial charge on any atom is -0.665 e. The summed E-state index contributed by atoms with van der Waals surface area (Å²) in [5, 5.41) is 199. The molecular weight excluding hydrogens is 1630 g/mol. The molecule has 0 spiro atoms. The Morgan fingerprint density at radius 1 is 0.265 bits per heavy atom. The zero-order valence-corrected chi connectivity index (χ0v) is 67.0. The molecule has 4 aliphatic heterocycles. The van der Waals surface area contributed by atoms with E-state index in [0.717, 1.165) is 43.6 Å². The van der Waals surface area contributed by atoms with Crippen LogP contribution >= 0.6 is 0 Å². The summed E-state index contributed by atoms with van der Waals surface area (Å²) in [6.45, 7) is 51.9. The normalized spacial score (nSPS) is 10.5. The van der Waals surface area contributed by atoms with Gasteiger partial charge in [0, 0.05) is 84.4 Å². The summed E-state index contributed by atoms with van der Waals surface area (Å²) in [5.74, 6) is 0. The fourth-order valence-corrected chi connectivity index (χ4v) is 3.36. The van der Waals surface area contributed by atoms with Gasteiger partial charge in [-0.25, -0.2) is 0 Å². The average molecular weight is 1740 g/mol. The third-order valence-corrected chi connectivity index (χ3v) is 9.10. The second-order valence-corrected chi connectivity index (χ2v) is 19.3.